The average molecular weight is 518 g/mol. The van der Waals surface area contributed by atoms with Gasteiger partial charge in [-0.3, -0.25) is 14.2 Å². The largest absolute Gasteiger partial charge is 0.454 e. The molecule has 4 heterocycles. The van der Waals surface area contributed by atoms with E-state index in [4.69, 9.17) is 13.9 Å². The van der Waals surface area contributed by atoms with Crippen molar-refractivity contribution in [3.05, 3.63) is 87.5 Å². The van der Waals surface area contributed by atoms with E-state index in [0.29, 0.717) is 28.2 Å². The summed E-state index contributed by atoms with van der Waals surface area (Å²) in [5.41, 5.74) is 1.95. The zero-order valence-corrected chi connectivity index (χ0v) is 19.9. The van der Waals surface area contributed by atoms with Crippen LogP contribution in [-0.4, -0.2) is 37.8 Å². The molecule has 5 aromatic rings. The Morgan fingerprint density at radius 1 is 1.00 bits per heavy atom. The fourth-order valence-corrected chi connectivity index (χ4v) is 4.09. The number of amides is 2. The van der Waals surface area contributed by atoms with Gasteiger partial charge in [-0.15, -0.1) is 0 Å². The molecule has 0 unspecified atom stereocenters. The molecule has 2 N–H and O–H groups in total. The van der Waals surface area contributed by atoms with E-state index in [0.717, 1.165) is 16.3 Å². The third-order valence-electron chi connectivity index (χ3n) is 6.09. The Morgan fingerprint density at radius 3 is 2.58 bits per heavy atom. The highest BCUT2D eigenvalue weighted by molar-refractivity contribution is 5.98. The van der Waals surface area contributed by atoms with E-state index in [-0.39, 0.29) is 36.9 Å². The van der Waals surface area contributed by atoms with Gasteiger partial charge < -0.3 is 24.5 Å². The molecule has 0 saturated heterocycles. The van der Waals surface area contributed by atoms with Crippen LogP contribution < -0.4 is 25.9 Å². The van der Waals surface area contributed by atoms with Gasteiger partial charge in [0.05, 0.1) is 11.7 Å². The third kappa shape index (κ3) is 4.09. The number of nitrogens with one attached hydrogen (secondary N) is 2. The summed E-state index contributed by atoms with van der Waals surface area (Å²) >= 11 is 0. The standard InChI is InChI=1S/C25H19FN6O6/c1-31-17-6-13(2-4-19(17)38-25(31)35)9-27-23(33)16-8-18(32-22(30-16)15(26)11-29-32)24(34)28-10-14-3-5-20-21(7-14)37-12-36-20/h2-8,11H,9-10,12H2,1H3,(H,27,33)(H,28,34). The maximum Gasteiger partial charge on any atom is 0.419 e. The molecular formula is C25H19FN6O6. The van der Waals surface area contributed by atoms with Crippen molar-refractivity contribution in [3.63, 3.8) is 0 Å². The number of hydrogen-bond donors (Lipinski definition) is 2. The van der Waals surface area contributed by atoms with Crippen molar-refractivity contribution >= 4 is 28.6 Å². The van der Waals surface area contributed by atoms with Crippen molar-refractivity contribution in [3.8, 4) is 11.5 Å². The zero-order chi connectivity index (χ0) is 26.4. The fraction of sp³-hybridized carbons (Fsp3) is 0.160. The van der Waals surface area contributed by atoms with Crippen molar-refractivity contribution in [2.75, 3.05) is 6.79 Å². The van der Waals surface area contributed by atoms with Crippen LogP contribution >= 0.6 is 0 Å². The highest BCUT2D eigenvalue weighted by atomic mass is 19.1. The first kappa shape index (κ1) is 23.2. The number of ether oxygens (including phenoxy) is 2. The second kappa shape index (κ2) is 9.03. The van der Waals surface area contributed by atoms with Gasteiger partial charge in [-0.2, -0.15) is 5.10 Å². The molecule has 0 atom stereocenters. The van der Waals surface area contributed by atoms with Gasteiger partial charge in [-0.1, -0.05) is 12.1 Å². The van der Waals surface area contributed by atoms with E-state index >= 15 is 0 Å². The van der Waals surface area contributed by atoms with Gasteiger partial charge in [-0.25, -0.2) is 18.7 Å². The molecule has 2 amide bonds. The van der Waals surface area contributed by atoms with Crippen LogP contribution in [0.1, 0.15) is 32.1 Å². The van der Waals surface area contributed by atoms with Crippen molar-refractivity contribution in [1.82, 2.24) is 29.8 Å². The number of aryl methyl sites for hydroxylation is 1. The van der Waals surface area contributed by atoms with Crippen LogP contribution in [0.15, 0.2) is 57.9 Å². The second-order valence-electron chi connectivity index (χ2n) is 8.54. The van der Waals surface area contributed by atoms with Crippen LogP contribution in [0.5, 0.6) is 11.5 Å². The van der Waals surface area contributed by atoms with E-state index in [1.165, 1.54) is 10.6 Å². The fourth-order valence-electron chi connectivity index (χ4n) is 4.09. The summed E-state index contributed by atoms with van der Waals surface area (Å²) in [4.78, 5) is 41.7. The Labute approximate surface area is 212 Å². The molecule has 192 valence electrons. The number of nitrogens with zero attached hydrogens (tertiary/aromatic N) is 4. The number of carbonyl (C=O) groups is 2. The summed E-state index contributed by atoms with van der Waals surface area (Å²) in [7, 11) is 1.58. The molecule has 0 fully saturated rings. The van der Waals surface area contributed by atoms with Crippen LogP contribution in [-0.2, 0) is 20.1 Å². The van der Waals surface area contributed by atoms with Crippen molar-refractivity contribution < 1.29 is 27.9 Å². The quantitative estimate of drug-likeness (QED) is 0.347. The van der Waals surface area contributed by atoms with Gasteiger partial charge >= 0.3 is 5.76 Å². The van der Waals surface area contributed by atoms with Gasteiger partial charge in [-0.05, 0) is 35.4 Å². The summed E-state index contributed by atoms with van der Waals surface area (Å²) in [6.07, 6.45) is 0.920. The number of hydrogen-bond acceptors (Lipinski definition) is 8. The number of benzene rings is 2. The molecule has 38 heavy (non-hydrogen) atoms. The molecule has 0 aliphatic carbocycles. The number of halogens is 1. The minimum Gasteiger partial charge on any atom is -0.454 e. The molecule has 0 saturated carbocycles. The van der Waals surface area contributed by atoms with Gasteiger partial charge in [0, 0.05) is 26.2 Å². The molecule has 3 aromatic heterocycles. The van der Waals surface area contributed by atoms with Crippen molar-refractivity contribution in [2.45, 2.75) is 13.1 Å². The number of aromatic nitrogens is 4. The van der Waals surface area contributed by atoms with Crippen molar-refractivity contribution in [1.29, 1.82) is 0 Å². The smallest absolute Gasteiger partial charge is 0.419 e. The summed E-state index contributed by atoms with van der Waals surface area (Å²) in [5.74, 6) is -1.29. The minimum absolute atomic E-state index is 0.0698. The van der Waals surface area contributed by atoms with E-state index < -0.39 is 23.4 Å². The van der Waals surface area contributed by atoms with Gasteiger partial charge in [0.2, 0.25) is 6.79 Å². The number of carbonyl (C=O) groups excluding carboxylic acids is 2. The highest BCUT2D eigenvalue weighted by Crippen LogP contribution is 2.32. The number of rotatable bonds is 6. The van der Waals surface area contributed by atoms with E-state index in [2.05, 4.69) is 20.7 Å². The Hall–Kier alpha value is -5.20. The predicted molar refractivity (Wildman–Crippen MR) is 129 cm³/mol. The van der Waals surface area contributed by atoms with E-state index in [1.807, 2.05) is 0 Å². The molecule has 6 rings (SSSR count). The molecule has 0 spiro atoms. The monoisotopic (exact) mass is 518 g/mol. The molecule has 12 nitrogen and oxygen atoms in total. The lowest BCUT2D eigenvalue weighted by Crippen LogP contribution is -2.28. The number of fused-ring (bicyclic) bond motifs is 3. The van der Waals surface area contributed by atoms with Crippen LogP contribution in [0.4, 0.5) is 4.39 Å². The van der Waals surface area contributed by atoms with Gasteiger partial charge in [0.25, 0.3) is 11.8 Å². The Kier molecular flexibility index (Phi) is 5.52. The molecule has 1 aliphatic rings. The summed E-state index contributed by atoms with van der Waals surface area (Å²) in [6, 6.07) is 11.6. The Morgan fingerprint density at radius 2 is 1.74 bits per heavy atom. The van der Waals surface area contributed by atoms with Crippen molar-refractivity contribution in [2.24, 2.45) is 7.05 Å². The second-order valence-corrected chi connectivity index (χ2v) is 8.54. The minimum atomic E-state index is -0.782. The summed E-state index contributed by atoms with van der Waals surface area (Å²) < 4.78 is 32.5. The van der Waals surface area contributed by atoms with Crippen LogP contribution in [0.25, 0.3) is 16.7 Å². The first-order valence-electron chi connectivity index (χ1n) is 11.4. The van der Waals surface area contributed by atoms with Gasteiger partial charge in [0.15, 0.2) is 28.5 Å². The SMILES string of the molecule is Cn1c(=O)oc2ccc(CNC(=O)c3cc(C(=O)NCc4ccc5c(c4)OCO5)n4ncc(F)c4n3)cc21. The number of oxazole rings is 1. The maximum absolute atomic E-state index is 14.4. The third-order valence-corrected chi connectivity index (χ3v) is 6.09. The predicted octanol–water partition coefficient (Wildman–Crippen LogP) is 1.90. The summed E-state index contributed by atoms with van der Waals surface area (Å²) in [5, 5.41) is 9.33. The molecule has 2 aromatic carbocycles. The topological polar surface area (TPSA) is 142 Å². The normalized spacial score (nSPS) is 12.3. The van der Waals surface area contributed by atoms with Crippen LogP contribution in [0.3, 0.4) is 0 Å². The maximum atomic E-state index is 14.4. The molecule has 13 heteroatoms. The molecular weight excluding hydrogens is 499 g/mol. The van der Waals surface area contributed by atoms with Gasteiger partial charge in [0.1, 0.15) is 11.4 Å². The van der Waals surface area contributed by atoms with Crippen LogP contribution in [0.2, 0.25) is 0 Å². The van der Waals surface area contributed by atoms with E-state index in [9.17, 15) is 18.8 Å². The van der Waals surface area contributed by atoms with Crippen LogP contribution in [0, 0.1) is 5.82 Å². The summed E-state index contributed by atoms with van der Waals surface area (Å²) in [6.45, 7) is 0.366. The Balaban J connectivity index is 1.22. The lowest BCUT2D eigenvalue weighted by atomic mass is 10.2. The zero-order valence-electron chi connectivity index (χ0n) is 19.9. The highest BCUT2D eigenvalue weighted by Gasteiger charge is 2.21. The van der Waals surface area contributed by atoms with E-state index in [1.54, 1.807) is 43.4 Å². The average Bonchev–Trinajstić information content (AvgIpc) is 3.62. The first-order chi connectivity index (χ1) is 18.4. The Bertz CT molecular complexity index is 1810. The lowest BCUT2D eigenvalue weighted by Gasteiger charge is -2.10. The molecule has 0 bridgehead atoms. The molecule has 1 aliphatic heterocycles. The first-order valence-corrected chi connectivity index (χ1v) is 11.4. The lowest BCUT2D eigenvalue weighted by molar-refractivity contribution is 0.0942. The molecule has 0 radical (unpaired) electrons.